The van der Waals surface area contributed by atoms with Crippen LogP contribution < -0.4 is 0 Å². The Hall–Kier alpha value is -3.52. The van der Waals surface area contributed by atoms with Crippen LogP contribution in [-0.2, 0) is 0 Å². The second kappa shape index (κ2) is 6.93. The fraction of sp³-hybridized carbons (Fsp3) is 0. The monoisotopic (exact) mass is 335 g/mol. The molecule has 0 saturated carbocycles. The zero-order valence-electron chi connectivity index (χ0n) is 12.9. The van der Waals surface area contributed by atoms with E-state index >= 15 is 0 Å². The van der Waals surface area contributed by atoms with Gasteiger partial charge in [-0.15, -0.1) is 0 Å². The van der Waals surface area contributed by atoms with Crippen LogP contribution in [0.15, 0.2) is 70.7 Å². The largest absolute Gasteiger partial charge is 0.457 e. The number of allylic oxidation sites excluding steroid dienone is 1. The number of carbonyl (C=O) groups excluding carboxylic acids is 1. The average Bonchev–Trinajstić information content (AvgIpc) is 3.08. The van der Waals surface area contributed by atoms with Crippen LogP contribution in [-0.4, -0.2) is 5.78 Å². The van der Waals surface area contributed by atoms with Gasteiger partial charge in [-0.25, -0.2) is 8.78 Å². The summed E-state index contributed by atoms with van der Waals surface area (Å²) >= 11 is 0. The second-order valence-corrected chi connectivity index (χ2v) is 5.19. The molecule has 0 aliphatic heterocycles. The molecule has 5 heteroatoms. The third kappa shape index (κ3) is 3.54. The molecule has 0 saturated heterocycles. The zero-order valence-corrected chi connectivity index (χ0v) is 12.9. The first-order valence-corrected chi connectivity index (χ1v) is 7.35. The number of rotatable bonds is 4. The van der Waals surface area contributed by atoms with Gasteiger partial charge in [0.15, 0.2) is 0 Å². The summed E-state index contributed by atoms with van der Waals surface area (Å²) in [5, 5.41) is 9.23. The number of benzene rings is 2. The number of nitrogens with zero attached hydrogens (tertiary/aromatic N) is 1. The van der Waals surface area contributed by atoms with E-state index in [9.17, 15) is 18.8 Å². The van der Waals surface area contributed by atoms with Crippen LogP contribution in [0.4, 0.5) is 8.78 Å². The fourth-order valence-corrected chi connectivity index (χ4v) is 2.28. The molecule has 0 amide bonds. The summed E-state index contributed by atoms with van der Waals surface area (Å²) in [6.45, 7) is 0. The Labute approximate surface area is 142 Å². The van der Waals surface area contributed by atoms with Crippen molar-refractivity contribution in [3.63, 3.8) is 0 Å². The van der Waals surface area contributed by atoms with Crippen molar-refractivity contribution in [3.8, 4) is 17.4 Å². The van der Waals surface area contributed by atoms with Gasteiger partial charge in [-0.05, 0) is 48.5 Å². The van der Waals surface area contributed by atoms with Gasteiger partial charge in [-0.2, -0.15) is 5.26 Å². The number of hydrogen-bond donors (Lipinski definition) is 0. The Bertz CT molecular complexity index is 995. The standard InChI is InChI=1S/C20H11F2NO2/c21-15-7-5-13(6-8-15)20(24)14(12-23)11-16-9-10-19(25-16)17-3-1-2-4-18(17)22/h1-11H/b14-11+. The topological polar surface area (TPSA) is 54.0 Å². The minimum absolute atomic E-state index is 0.166. The summed E-state index contributed by atoms with van der Waals surface area (Å²) in [6, 6.07) is 15.9. The molecule has 3 rings (SSSR count). The van der Waals surface area contributed by atoms with Crippen molar-refractivity contribution in [1.82, 2.24) is 0 Å². The SMILES string of the molecule is N#C/C(=C\c1ccc(-c2ccccc2F)o1)C(=O)c1ccc(F)cc1. The molecule has 0 fully saturated rings. The van der Waals surface area contributed by atoms with Gasteiger partial charge in [0.2, 0.25) is 5.78 Å². The van der Waals surface area contributed by atoms with Crippen LogP contribution in [0, 0.1) is 23.0 Å². The molecule has 0 radical (unpaired) electrons. The van der Waals surface area contributed by atoms with Crippen LogP contribution >= 0.6 is 0 Å². The van der Waals surface area contributed by atoms with Gasteiger partial charge in [0.05, 0.1) is 5.56 Å². The van der Waals surface area contributed by atoms with Crippen LogP contribution in [0.25, 0.3) is 17.4 Å². The number of ketones is 1. The molecule has 1 aromatic heterocycles. The van der Waals surface area contributed by atoms with Crippen LogP contribution in [0.2, 0.25) is 0 Å². The highest BCUT2D eigenvalue weighted by molar-refractivity contribution is 6.13. The van der Waals surface area contributed by atoms with Gasteiger partial charge in [-0.3, -0.25) is 4.79 Å². The molecular weight excluding hydrogens is 324 g/mol. The van der Waals surface area contributed by atoms with Gasteiger partial charge in [0.1, 0.15) is 34.8 Å². The Balaban J connectivity index is 1.91. The van der Waals surface area contributed by atoms with E-state index < -0.39 is 17.4 Å². The molecule has 0 N–H and O–H groups in total. The first kappa shape index (κ1) is 16.3. The number of halogens is 2. The summed E-state index contributed by atoms with van der Waals surface area (Å²) in [7, 11) is 0. The minimum Gasteiger partial charge on any atom is -0.457 e. The van der Waals surface area contributed by atoms with Crippen molar-refractivity contribution in [2.75, 3.05) is 0 Å². The number of hydrogen-bond acceptors (Lipinski definition) is 3. The maximum absolute atomic E-state index is 13.8. The summed E-state index contributed by atoms with van der Waals surface area (Å²) < 4.78 is 32.2. The Kier molecular flexibility index (Phi) is 4.53. The highest BCUT2D eigenvalue weighted by atomic mass is 19.1. The second-order valence-electron chi connectivity index (χ2n) is 5.19. The van der Waals surface area contributed by atoms with E-state index in [1.165, 1.54) is 30.3 Å². The minimum atomic E-state index is -0.550. The van der Waals surface area contributed by atoms with E-state index in [1.54, 1.807) is 24.3 Å². The van der Waals surface area contributed by atoms with E-state index in [-0.39, 0.29) is 28.2 Å². The van der Waals surface area contributed by atoms with Crippen molar-refractivity contribution in [1.29, 1.82) is 5.26 Å². The van der Waals surface area contributed by atoms with Crippen LogP contribution in [0.1, 0.15) is 16.1 Å². The molecule has 1 heterocycles. The Morgan fingerprint density at radius 2 is 1.72 bits per heavy atom. The lowest BCUT2D eigenvalue weighted by atomic mass is 10.0. The lowest BCUT2D eigenvalue weighted by Crippen LogP contribution is -2.01. The molecule has 3 aromatic rings. The third-order valence-corrected chi connectivity index (χ3v) is 3.52. The Morgan fingerprint density at radius 3 is 2.40 bits per heavy atom. The van der Waals surface area contributed by atoms with Crippen molar-refractivity contribution in [2.45, 2.75) is 0 Å². The van der Waals surface area contributed by atoms with Gasteiger partial charge in [-0.1, -0.05) is 12.1 Å². The van der Waals surface area contributed by atoms with Crippen molar-refractivity contribution < 1.29 is 18.0 Å². The molecule has 0 bridgehead atoms. The number of carbonyl (C=O) groups is 1. The average molecular weight is 335 g/mol. The predicted octanol–water partition coefficient (Wildman–Crippen LogP) is 5.01. The summed E-state index contributed by atoms with van der Waals surface area (Å²) in [5.74, 6) is -0.928. The van der Waals surface area contributed by atoms with Crippen molar-refractivity contribution in [2.24, 2.45) is 0 Å². The van der Waals surface area contributed by atoms with Crippen LogP contribution in [0.5, 0.6) is 0 Å². The lowest BCUT2D eigenvalue weighted by Gasteiger charge is -1.99. The van der Waals surface area contributed by atoms with E-state index in [1.807, 2.05) is 6.07 Å². The van der Waals surface area contributed by atoms with Crippen LogP contribution in [0.3, 0.4) is 0 Å². The smallest absolute Gasteiger partial charge is 0.203 e. The molecule has 0 atom stereocenters. The maximum Gasteiger partial charge on any atom is 0.203 e. The first-order valence-electron chi connectivity index (χ1n) is 7.35. The molecule has 122 valence electrons. The van der Waals surface area contributed by atoms with Gasteiger partial charge in [0.25, 0.3) is 0 Å². The van der Waals surface area contributed by atoms with Gasteiger partial charge >= 0.3 is 0 Å². The van der Waals surface area contributed by atoms with E-state index in [0.29, 0.717) is 0 Å². The third-order valence-electron chi connectivity index (χ3n) is 3.52. The zero-order chi connectivity index (χ0) is 17.8. The molecule has 0 aliphatic carbocycles. The highest BCUT2D eigenvalue weighted by Gasteiger charge is 2.14. The highest BCUT2D eigenvalue weighted by Crippen LogP contribution is 2.26. The number of furan rings is 1. The van der Waals surface area contributed by atoms with Gasteiger partial charge in [0, 0.05) is 11.6 Å². The maximum atomic E-state index is 13.8. The fourth-order valence-electron chi connectivity index (χ4n) is 2.28. The Morgan fingerprint density at radius 1 is 1.00 bits per heavy atom. The van der Waals surface area contributed by atoms with E-state index in [0.717, 1.165) is 12.1 Å². The molecule has 2 aromatic carbocycles. The van der Waals surface area contributed by atoms with E-state index in [4.69, 9.17) is 4.42 Å². The van der Waals surface area contributed by atoms with E-state index in [2.05, 4.69) is 0 Å². The number of Topliss-reactive ketones (excluding diaryl/α,β-unsaturated/α-hetero) is 1. The summed E-state index contributed by atoms with van der Waals surface area (Å²) in [4.78, 5) is 12.3. The molecule has 0 unspecified atom stereocenters. The molecule has 3 nitrogen and oxygen atoms in total. The van der Waals surface area contributed by atoms with Crippen molar-refractivity contribution in [3.05, 3.63) is 89.2 Å². The van der Waals surface area contributed by atoms with Crippen molar-refractivity contribution >= 4 is 11.9 Å². The lowest BCUT2D eigenvalue weighted by molar-refractivity contribution is 0.104. The molecule has 0 spiro atoms. The molecular formula is C20H11F2NO2. The van der Waals surface area contributed by atoms with Gasteiger partial charge < -0.3 is 4.42 Å². The first-order chi connectivity index (χ1) is 12.1. The number of nitriles is 1. The summed E-state index contributed by atoms with van der Waals surface area (Å²) in [5.41, 5.74) is 0.307. The molecule has 0 aliphatic rings. The summed E-state index contributed by atoms with van der Waals surface area (Å²) in [6.07, 6.45) is 1.27. The molecule has 25 heavy (non-hydrogen) atoms. The quantitative estimate of drug-likeness (QED) is 0.382. The normalized spacial score (nSPS) is 11.2. The predicted molar refractivity (Wildman–Crippen MR) is 88.4 cm³/mol.